The number of halogens is 1. The van der Waals surface area contributed by atoms with Crippen LogP contribution < -0.4 is 5.32 Å². The van der Waals surface area contributed by atoms with E-state index in [0.29, 0.717) is 12.1 Å². The van der Waals surface area contributed by atoms with Crippen molar-refractivity contribution in [1.29, 1.82) is 0 Å². The molecule has 0 spiro atoms. The standard InChI is InChI=1S/C19H24ClN/c1-5-19(16-7-9-17(20)10-8-16)21-15(4)18-11-6-13(2)12-14(18)3/h6-12,15,19,21H,5H2,1-4H3. The summed E-state index contributed by atoms with van der Waals surface area (Å²) in [6.45, 7) is 8.76. The van der Waals surface area contributed by atoms with Crippen molar-refractivity contribution in [1.82, 2.24) is 5.32 Å². The lowest BCUT2D eigenvalue weighted by Crippen LogP contribution is -2.24. The molecular formula is C19H24ClN. The second-order valence-corrected chi connectivity index (χ2v) is 6.20. The lowest BCUT2D eigenvalue weighted by Gasteiger charge is -2.24. The highest BCUT2D eigenvalue weighted by Gasteiger charge is 2.15. The second kappa shape index (κ2) is 7.11. The molecule has 0 amide bonds. The highest BCUT2D eigenvalue weighted by molar-refractivity contribution is 6.30. The average Bonchev–Trinajstić information content (AvgIpc) is 2.45. The van der Waals surface area contributed by atoms with E-state index in [0.717, 1.165) is 11.4 Å². The monoisotopic (exact) mass is 301 g/mol. The van der Waals surface area contributed by atoms with Gasteiger partial charge in [-0.3, -0.25) is 0 Å². The quantitative estimate of drug-likeness (QED) is 0.740. The van der Waals surface area contributed by atoms with Crippen LogP contribution in [0.1, 0.15) is 54.6 Å². The summed E-state index contributed by atoms with van der Waals surface area (Å²) in [5.74, 6) is 0. The number of benzene rings is 2. The molecule has 2 rings (SSSR count). The van der Waals surface area contributed by atoms with Gasteiger partial charge in [0.15, 0.2) is 0 Å². The first-order valence-electron chi connectivity index (χ1n) is 7.60. The summed E-state index contributed by atoms with van der Waals surface area (Å²) in [4.78, 5) is 0. The molecule has 0 aromatic heterocycles. The van der Waals surface area contributed by atoms with Gasteiger partial charge in [-0.2, -0.15) is 0 Å². The van der Waals surface area contributed by atoms with Crippen molar-refractivity contribution in [2.24, 2.45) is 0 Å². The Morgan fingerprint density at radius 3 is 2.29 bits per heavy atom. The summed E-state index contributed by atoms with van der Waals surface area (Å²) >= 11 is 5.98. The van der Waals surface area contributed by atoms with E-state index in [-0.39, 0.29) is 0 Å². The Hall–Kier alpha value is -1.31. The maximum atomic E-state index is 5.98. The fourth-order valence-corrected chi connectivity index (χ4v) is 2.97. The molecule has 0 heterocycles. The van der Waals surface area contributed by atoms with Crippen molar-refractivity contribution in [2.45, 2.75) is 46.2 Å². The predicted molar refractivity (Wildman–Crippen MR) is 92.0 cm³/mol. The van der Waals surface area contributed by atoms with Gasteiger partial charge in [0.1, 0.15) is 0 Å². The molecule has 0 saturated heterocycles. The first-order chi connectivity index (χ1) is 10.0. The highest BCUT2D eigenvalue weighted by atomic mass is 35.5. The van der Waals surface area contributed by atoms with Gasteiger partial charge < -0.3 is 5.32 Å². The molecule has 2 aromatic rings. The fraction of sp³-hybridized carbons (Fsp3) is 0.368. The Morgan fingerprint density at radius 1 is 1.05 bits per heavy atom. The third kappa shape index (κ3) is 4.09. The second-order valence-electron chi connectivity index (χ2n) is 5.76. The van der Waals surface area contributed by atoms with Crippen LogP contribution in [-0.4, -0.2) is 0 Å². The van der Waals surface area contributed by atoms with E-state index in [4.69, 9.17) is 11.6 Å². The van der Waals surface area contributed by atoms with Crippen LogP contribution in [0.2, 0.25) is 5.02 Å². The molecule has 2 unspecified atom stereocenters. The molecule has 0 aliphatic heterocycles. The van der Waals surface area contributed by atoms with E-state index in [1.54, 1.807) is 0 Å². The Bertz CT molecular complexity index is 589. The smallest absolute Gasteiger partial charge is 0.0406 e. The van der Waals surface area contributed by atoms with E-state index in [1.165, 1.54) is 22.3 Å². The van der Waals surface area contributed by atoms with Crippen molar-refractivity contribution < 1.29 is 0 Å². The summed E-state index contributed by atoms with van der Waals surface area (Å²) in [7, 11) is 0. The molecule has 0 saturated carbocycles. The van der Waals surface area contributed by atoms with Gasteiger partial charge in [-0.1, -0.05) is 54.4 Å². The van der Waals surface area contributed by atoms with Crippen molar-refractivity contribution in [3.8, 4) is 0 Å². The topological polar surface area (TPSA) is 12.0 Å². The molecule has 2 atom stereocenters. The molecule has 0 aliphatic rings. The summed E-state index contributed by atoms with van der Waals surface area (Å²) in [5, 5.41) is 4.52. The molecule has 21 heavy (non-hydrogen) atoms. The Morgan fingerprint density at radius 2 is 1.71 bits per heavy atom. The predicted octanol–water partition coefficient (Wildman–Crippen LogP) is 5.76. The van der Waals surface area contributed by atoms with Gasteiger partial charge in [0.05, 0.1) is 0 Å². The maximum Gasteiger partial charge on any atom is 0.0406 e. The van der Waals surface area contributed by atoms with E-state index in [1.807, 2.05) is 12.1 Å². The molecule has 0 radical (unpaired) electrons. The summed E-state index contributed by atoms with van der Waals surface area (Å²) in [6, 6.07) is 15.5. The lowest BCUT2D eigenvalue weighted by molar-refractivity contribution is 0.455. The molecule has 0 bridgehead atoms. The van der Waals surface area contributed by atoms with Gasteiger partial charge >= 0.3 is 0 Å². The van der Waals surface area contributed by atoms with Crippen LogP contribution in [0, 0.1) is 13.8 Å². The zero-order valence-electron chi connectivity index (χ0n) is 13.3. The van der Waals surface area contributed by atoms with Gasteiger partial charge in [0, 0.05) is 17.1 Å². The van der Waals surface area contributed by atoms with Crippen LogP contribution in [-0.2, 0) is 0 Å². The fourth-order valence-electron chi connectivity index (χ4n) is 2.85. The summed E-state index contributed by atoms with van der Waals surface area (Å²) < 4.78 is 0. The minimum atomic E-state index is 0.325. The molecule has 1 nitrogen and oxygen atoms in total. The van der Waals surface area contributed by atoms with E-state index < -0.39 is 0 Å². The van der Waals surface area contributed by atoms with Crippen LogP contribution >= 0.6 is 11.6 Å². The van der Waals surface area contributed by atoms with Gasteiger partial charge in [-0.05, 0) is 56.0 Å². The Kier molecular flexibility index (Phi) is 5.44. The van der Waals surface area contributed by atoms with Crippen molar-refractivity contribution in [3.05, 3.63) is 69.7 Å². The van der Waals surface area contributed by atoms with Crippen LogP contribution in [0.25, 0.3) is 0 Å². The van der Waals surface area contributed by atoms with Crippen LogP contribution in [0.15, 0.2) is 42.5 Å². The molecule has 2 heteroatoms. The molecule has 1 N–H and O–H groups in total. The third-order valence-electron chi connectivity index (χ3n) is 4.02. The van der Waals surface area contributed by atoms with Crippen LogP contribution in [0.5, 0.6) is 0 Å². The maximum absolute atomic E-state index is 5.98. The van der Waals surface area contributed by atoms with Gasteiger partial charge in [0.25, 0.3) is 0 Å². The minimum absolute atomic E-state index is 0.325. The third-order valence-corrected chi connectivity index (χ3v) is 4.28. The van der Waals surface area contributed by atoms with Crippen LogP contribution in [0.4, 0.5) is 0 Å². The lowest BCUT2D eigenvalue weighted by atomic mass is 9.97. The van der Waals surface area contributed by atoms with Crippen LogP contribution in [0.3, 0.4) is 0 Å². The summed E-state index contributed by atoms with van der Waals surface area (Å²) in [6.07, 6.45) is 1.05. The Balaban J connectivity index is 2.15. The molecular weight excluding hydrogens is 278 g/mol. The van der Waals surface area contributed by atoms with E-state index >= 15 is 0 Å². The van der Waals surface area contributed by atoms with Crippen molar-refractivity contribution in [2.75, 3.05) is 0 Å². The number of hydrogen-bond acceptors (Lipinski definition) is 1. The Labute approximate surface area is 133 Å². The molecule has 0 aliphatic carbocycles. The molecule has 2 aromatic carbocycles. The van der Waals surface area contributed by atoms with Gasteiger partial charge in [0.2, 0.25) is 0 Å². The largest absolute Gasteiger partial charge is 0.303 e. The van der Waals surface area contributed by atoms with Gasteiger partial charge in [-0.15, -0.1) is 0 Å². The zero-order chi connectivity index (χ0) is 15.4. The normalized spacial score (nSPS) is 14.0. The molecule has 112 valence electrons. The van der Waals surface area contributed by atoms with Gasteiger partial charge in [-0.25, -0.2) is 0 Å². The minimum Gasteiger partial charge on any atom is -0.303 e. The molecule has 0 fully saturated rings. The average molecular weight is 302 g/mol. The first kappa shape index (κ1) is 16.1. The number of nitrogens with one attached hydrogen (secondary N) is 1. The SMILES string of the molecule is CCC(NC(C)c1ccc(C)cc1C)c1ccc(Cl)cc1. The van der Waals surface area contributed by atoms with Crippen molar-refractivity contribution >= 4 is 11.6 Å². The van der Waals surface area contributed by atoms with E-state index in [9.17, 15) is 0 Å². The van der Waals surface area contributed by atoms with E-state index in [2.05, 4.69) is 63.3 Å². The number of aryl methyl sites for hydroxylation is 2. The summed E-state index contributed by atoms with van der Waals surface area (Å²) in [5.41, 5.74) is 5.32. The number of hydrogen-bond donors (Lipinski definition) is 1. The zero-order valence-corrected chi connectivity index (χ0v) is 14.0. The van der Waals surface area contributed by atoms with Crippen molar-refractivity contribution in [3.63, 3.8) is 0 Å². The first-order valence-corrected chi connectivity index (χ1v) is 7.97. The number of rotatable bonds is 5. The highest BCUT2D eigenvalue weighted by Crippen LogP contribution is 2.25.